The average Bonchev–Trinajstić information content (AvgIpc) is 2.84. The highest BCUT2D eigenvalue weighted by atomic mass is 32.2. The second-order valence-corrected chi connectivity index (χ2v) is 5.18. The van der Waals surface area contributed by atoms with Gasteiger partial charge in [0.1, 0.15) is 0 Å². The maximum atomic E-state index is 13.6. The standard InChI is InChI=1S/C11H13F3N2S/c12-8-2-1-7(9(13)10(8)14)11(16-15)6-3-4-17-5-6/h1-2,6,11,16H,3-5,15H2. The van der Waals surface area contributed by atoms with Crippen molar-refractivity contribution in [2.45, 2.75) is 12.5 Å². The summed E-state index contributed by atoms with van der Waals surface area (Å²) in [5.41, 5.74) is 2.60. The molecule has 6 heteroatoms. The van der Waals surface area contributed by atoms with Gasteiger partial charge in [-0.15, -0.1) is 0 Å². The Balaban J connectivity index is 2.33. The lowest BCUT2D eigenvalue weighted by molar-refractivity contribution is 0.370. The molecule has 1 aromatic carbocycles. The van der Waals surface area contributed by atoms with E-state index >= 15 is 0 Å². The van der Waals surface area contributed by atoms with Gasteiger partial charge in [-0.3, -0.25) is 11.3 Å². The second kappa shape index (κ2) is 5.29. The smallest absolute Gasteiger partial charge is 0.194 e. The molecule has 17 heavy (non-hydrogen) atoms. The molecule has 1 aliphatic rings. The highest BCUT2D eigenvalue weighted by Crippen LogP contribution is 2.35. The molecule has 1 heterocycles. The summed E-state index contributed by atoms with van der Waals surface area (Å²) < 4.78 is 39.6. The first kappa shape index (κ1) is 12.7. The van der Waals surface area contributed by atoms with Crippen molar-refractivity contribution in [2.24, 2.45) is 11.8 Å². The van der Waals surface area contributed by atoms with Crippen LogP contribution in [0.4, 0.5) is 13.2 Å². The van der Waals surface area contributed by atoms with Crippen LogP contribution in [0, 0.1) is 23.4 Å². The number of halogens is 3. The summed E-state index contributed by atoms with van der Waals surface area (Å²) in [6, 6.07) is 1.71. The minimum absolute atomic E-state index is 0.0962. The summed E-state index contributed by atoms with van der Waals surface area (Å²) in [4.78, 5) is 0. The molecule has 0 aliphatic carbocycles. The summed E-state index contributed by atoms with van der Waals surface area (Å²) >= 11 is 1.75. The maximum absolute atomic E-state index is 13.6. The van der Waals surface area contributed by atoms with E-state index in [4.69, 9.17) is 5.84 Å². The fraction of sp³-hybridized carbons (Fsp3) is 0.455. The minimum Gasteiger partial charge on any atom is -0.271 e. The van der Waals surface area contributed by atoms with Crippen LogP contribution in [0.1, 0.15) is 18.0 Å². The zero-order chi connectivity index (χ0) is 12.4. The van der Waals surface area contributed by atoms with Gasteiger partial charge in [0, 0.05) is 5.56 Å². The fourth-order valence-corrected chi connectivity index (χ4v) is 3.37. The van der Waals surface area contributed by atoms with E-state index in [9.17, 15) is 13.2 Å². The Morgan fingerprint density at radius 2 is 2.06 bits per heavy atom. The zero-order valence-electron chi connectivity index (χ0n) is 9.05. The largest absolute Gasteiger partial charge is 0.271 e. The third kappa shape index (κ3) is 2.43. The maximum Gasteiger partial charge on any atom is 0.194 e. The van der Waals surface area contributed by atoms with Crippen LogP contribution in [-0.4, -0.2) is 11.5 Å². The number of hydrazine groups is 1. The quantitative estimate of drug-likeness (QED) is 0.499. The first-order valence-corrected chi connectivity index (χ1v) is 6.48. The van der Waals surface area contributed by atoms with Crippen LogP contribution in [0.15, 0.2) is 12.1 Å². The van der Waals surface area contributed by atoms with Gasteiger partial charge in [-0.2, -0.15) is 11.8 Å². The van der Waals surface area contributed by atoms with Gasteiger partial charge in [0.15, 0.2) is 17.5 Å². The van der Waals surface area contributed by atoms with Crippen LogP contribution in [0.3, 0.4) is 0 Å². The number of hydrogen-bond donors (Lipinski definition) is 2. The van der Waals surface area contributed by atoms with Gasteiger partial charge in [0.05, 0.1) is 6.04 Å². The van der Waals surface area contributed by atoms with Gasteiger partial charge in [0.25, 0.3) is 0 Å². The lowest BCUT2D eigenvalue weighted by Crippen LogP contribution is -2.34. The molecule has 0 bridgehead atoms. The Morgan fingerprint density at radius 1 is 1.29 bits per heavy atom. The molecule has 1 aromatic rings. The fourth-order valence-electron chi connectivity index (χ4n) is 2.08. The second-order valence-electron chi connectivity index (χ2n) is 4.03. The SMILES string of the molecule is NNC(c1ccc(F)c(F)c1F)C1CCSC1. The lowest BCUT2D eigenvalue weighted by atomic mass is 9.92. The molecular formula is C11H13F3N2S. The molecule has 2 unspecified atom stereocenters. The lowest BCUT2D eigenvalue weighted by Gasteiger charge is -2.23. The molecule has 1 aliphatic heterocycles. The molecule has 0 saturated carbocycles. The van der Waals surface area contributed by atoms with Crippen molar-refractivity contribution in [1.82, 2.24) is 5.43 Å². The van der Waals surface area contributed by atoms with Crippen LogP contribution in [-0.2, 0) is 0 Å². The van der Waals surface area contributed by atoms with Crippen LogP contribution in [0.2, 0.25) is 0 Å². The first-order valence-electron chi connectivity index (χ1n) is 5.32. The molecule has 3 N–H and O–H groups in total. The molecule has 2 atom stereocenters. The molecule has 2 rings (SSSR count). The minimum atomic E-state index is -1.44. The molecule has 2 nitrogen and oxygen atoms in total. The summed E-state index contributed by atoms with van der Waals surface area (Å²) in [6.45, 7) is 0. The Kier molecular flexibility index (Phi) is 3.96. The zero-order valence-corrected chi connectivity index (χ0v) is 9.87. The van der Waals surface area contributed by atoms with E-state index in [0.717, 1.165) is 24.0 Å². The first-order chi connectivity index (χ1) is 8.15. The third-order valence-electron chi connectivity index (χ3n) is 3.02. The highest BCUT2D eigenvalue weighted by molar-refractivity contribution is 7.99. The van der Waals surface area contributed by atoms with Crippen LogP contribution in [0.25, 0.3) is 0 Å². The number of nitrogens with one attached hydrogen (secondary N) is 1. The van der Waals surface area contributed by atoms with Crippen LogP contribution in [0.5, 0.6) is 0 Å². The number of nitrogens with two attached hydrogens (primary N) is 1. The Hall–Kier alpha value is -0.720. The number of thioether (sulfide) groups is 1. The van der Waals surface area contributed by atoms with Crippen molar-refractivity contribution in [3.63, 3.8) is 0 Å². The van der Waals surface area contributed by atoms with Crippen LogP contribution < -0.4 is 11.3 Å². The van der Waals surface area contributed by atoms with Gasteiger partial charge >= 0.3 is 0 Å². The topological polar surface area (TPSA) is 38.0 Å². The van der Waals surface area contributed by atoms with Crippen molar-refractivity contribution in [3.8, 4) is 0 Å². The summed E-state index contributed by atoms with van der Waals surface area (Å²) in [6.07, 6.45) is 0.887. The van der Waals surface area contributed by atoms with E-state index in [1.807, 2.05) is 0 Å². The molecule has 1 saturated heterocycles. The van der Waals surface area contributed by atoms with Crippen molar-refractivity contribution in [1.29, 1.82) is 0 Å². The van der Waals surface area contributed by atoms with E-state index in [1.165, 1.54) is 6.07 Å². The molecule has 0 amide bonds. The molecule has 0 aromatic heterocycles. The average molecular weight is 262 g/mol. The van der Waals surface area contributed by atoms with Gasteiger partial charge in [0.2, 0.25) is 0 Å². The molecule has 1 fully saturated rings. The predicted octanol–water partition coefficient (Wildman–Crippen LogP) is 2.36. The van der Waals surface area contributed by atoms with E-state index in [2.05, 4.69) is 5.43 Å². The Labute approximate surface area is 102 Å². The van der Waals surface area contributed by atoms with E-state index in [1.54, 1.807) is 11.8 Å². The summed E-state index contributed by atoms with van der Waals surface area (Å²) in [7, 11) is 0. The van der Waals surface area contributed by atoms with Gasteiger partial charge in [-0.05, 0) is 29.9 Å². The number of rotatable bonds is 3. The van der Waals surface area contributed by atoms with E-state index in [0.29, 0.717) is 0 Å². The van der Waals surface area contributed by atoms with Crippen molar-refractivity contribution in [2.75, 3.05) is 11.5 Å². The molecule has 0 spiro atoms. The Bertz CT molecular complexity index is 408. The van der Waals surface area contributed by atoms with Gasteiger partial charge < -0.3 is 0 Å². The summed E-state index contributed by atoms with van der Waals surface area (Å²) in [5.74, 6) is 3.60. The normalized spacial score (nSPS) is 21.8. The van der Waals surface area contributed by atoms with Gasteiger partial charge in [-0.25, -0.2) is 13.2 Å². The third-order valence-corrected chi connectivity index (χ3v) is 4.20. The number of benzene rings is 1. The predicted molar refractivity (Wildman–Crippen MR) is 61.8 cm³/mol. The molecule has 0 radical (unpaired) electrons. The van der Waals surface area contributed by atoms with Crippen LogP contribution >= 0.6 is 11.8 Å². The molecule has 94 valence electrons. The number of hydrogen-bond acceptors (Lipinski definition) is 3. The Morgan fingerprint density at radius 3 is 2.65 bits per heavy atom. The van der Waals surface area contributed by atoms with Crippen molar-refractivity contribution < 1.29 is 13.2 Å². The highest BCUT2D eigenvalue weighted by Gasteiger charge is 2.29. The van der Waals surface area contributed by atoms with Crippen molar-refractivity contribution in [3.05, 3.63) is 35.1 Å². The summed E-state index contributed by atoms with van der Waals surface area (Å²) in [5, 5.41) is 0. The van der Waals surface area contributed by atoms with E-state index in [-0.39, 0.29) is 11.5 Å². The monoisotopic (exact) mass is 262 g/mol. The van der Waals surface area contributed by atoms with Gasteiger partial charge in [-0.1, -0.05) is 6.07 Å². The van der Waals surface area contributed by atoms with Crippen molar-refractivity contribution >= 4 is 11.8 Å². The molecular weight excluding hydrogens is 249 g/mol. The van der Waals surface area contributed by atoms with E-state index < -0.39 is 23.5 Å².